The van der Waals surface area contributed by atoms with Gasteiger partial charge in [0.2, 0.25) is 10.0 Å². The summed E-state index contributed by atoms with van der Waals surface area (Å²) in [4.78, 5) is 0.0971. The molecule has 0 aromatic heterocycles. The molecule has 0 radical (unpaired) electrons. The van der Waals surface area contributed by atoms with Gasteiger partial charge in [-0.15, -0.1) is 0 Å². The fraction of sp³-hybridized carbons (Fsp3) is 0.333. The largest absolute Gasteiger partial charge is 0.496 e. The van der Waals surface area contributed by atoms with E-state index < -0.39 is 15.6 Å². The predicted molar refractivity (Wildman–Crippen MR) is 96.4 cm³/mol. The Morgan fingerprint density at radius 3 is 2.08 bits per heavy atom. The number of ether oxygens (including phenoxy) is 1. The van der Waals surface area contributed by atoms with Crippen molar-refractivity contribution < 1.29 is 13.2 Å². The Morgan fingerprint density at radius 1 is 1.08 bits per heavy atom. The van der Waals surface area contributed by atoms with Crippen LogP contribution in [0.25, 0.3) is 11.1 Å². The quantitative estimate of drug-likeness (QED) is 0.868. The minimum atomic E-state index is -3.86. The average molecular weight is 348 g/mol. The summed E-state index contributed by atoms with van der Waals surface area (Å²) in [6, 6.07) is 10.7. The molecule has 0 aliphatic carbocycles. The summed E-state index contributed by atoms with van der Waals surface area (Å²) in [6.45, 7) is 5.78. The summed E-state index contributed by atoms with van der Waals surface area (Å²) >= 11 is 0. The third-order valence-corrected chi connectivity index (χ3v) is 4.98. The van der Waals surface area contributed by atoms with E-state index in [4.69, 9.17) is 15.6 Å². The monoisotopic (exact) mass is 348 g/mol. The molecule has 0 saturated heterocycles. The van der Waals surface area contributed by atoms with Crippen molar-refractivity contribution in [1.29, 1.82) is 0 Å². The van der Waals surface area contributed by atoms with Crippen LogP contribution in [0.15, 0.2) is 41.3 Å². The Kier molecular flexibility index (Phi) is 5.03. The third kappa shape index (κ3) is 3.61. The van der Waals surface area contributed by atoms with Crippen LogP contribution >= 0.6 is 0 Å². The smallest absolute Gasteiger partial charge is 0.238 e. The fourth-order valence-corrected chi connectivity index (χ4v) is 3.55. The van der Waals surface area contributed by atoms with Gasteiger partial charge in [-0.25, -0.2) is 13.6 Å². The SMILES string of the molecule is CCc1c(OC)ccc(S(N)(=O)=O)c1-c1ccc(C(C)(C)N)cc1. The first-order valence-electron chi connectivity index (χ1n) is 7.72. The molecule has 130 valence electrons. The molecular formula is C18H24N2O3S. The van der Waals surface area contributed by atoms with Crippen LogP contribution < -0.4 is 15.6 Å². The van der Waals surface area contributed by atoms with Crippen LogP contribution in [0.1, 0.15) is 31.9 Å². The number of sulfonamides is 1. The van der Waals surface area contributed by atoms with Gasteiger partial charge in [0.25, 0.3) is 0 Å². The van der Waals surface area contributed by atoms with Crippen molar-refractivity contribution in [1.82, 2.24) is 0 Å². The molecule has 0 atom stereocenters. The number of rotatable bonds is 5. The van der Waals surface area contributed by atoms with Crippen LogP contribution in [0.3, 0.4) is 0 Å². The molecule has 0 saturated carbocycles. The lowest BCUT2D eigenvalue weighted by molar-refractivity contribution is 0.410. The zero-order chi connectivity index (χ0) is 18.1. The maximum atomic E-state index is 12.0. The number of nitrogens with two attached hydrogens (primary N) is 2. The van der Waals surface area contributed by atoms with Crippen molar-refractivity contribution in [3.05, 3.63) is 47.5 Å². The summed E-state index contributed by atoms with van der Waals surface area (Å²) in [7, 11) is -2.29. The molecule has 2 aromatic rings. The molecule has 0 amide bonds. The Bertz CT molecular complexity index is 836. The Balaban J connectivity index is 2.76. The van der Waals surface area contributed by atoms with Crippen molar-refractivity contribution >= 4 is 10.0 Å². The van der Waals surface area contributed by atoms with Gasteiger partial charge in [0, 0.05) is 16.7 Å². The van der Waals surface area contributed by atoms with Crippen LogP contribution in [0, 0.1) is 0 Å². The number of primary sulfonamides is 1. The molecule has 0 heterocycles. The van der Waals surface area contributed by atoms with Crippen molar-refractivity contribution in [2.24, 2.45) is 10.9 Å². The zero-order valence-electron chi connectivity index (χ0n) is 14.5. The van der Waals surface area contributed by atoms with E-state index in [0.717, 1.165) is 16.7 Å². The van der Waals surface area contributed by atoms with Gasteiger partial charge in [-0.3, -0.25) is 0 Å². The minimum absolute atomic E-state index is 0.0971. The van der Waals surface area contributed by atoms with E-state index in [1.165, 1.54) is 6.07 Å². The summed E-state index contributed by atoms with van der Waals surface area (Å²) in [6.07, 6.45) is 0.617. The van der Waals surface area contributed by atoms with Gasteiger partial charge in [0.05, 0.1) is 12.0 Å². The number of benzene rings is 2. The van der Waals surface area contributed by atoms with Gasteiger partial charge in [-0.05, 0) is 43.5 Å². The molecular weight excluding hydrogens is 324 g/mol. The molecule has 2 aromatic carbocycles. The van der Waals surface area contributed by atoms with E-state index in [9.17, 15) is 8.42 Å². The van der Waals surface area contributed by atoms with E-state index in [2.05, 4.69) is 0 Å². The maximum absolute atomic E-state index is 12.0. The molecule has 24 heavy (non-hydrogen) atoms. The summed E-state index contributed by atoms with van der Waals surface area (Å²) < 4.78 is 29.5. The molecule has 0 aliphatic heterocycles. The molecule has 0 bridgehead atoms. The normalized spacial score (nSPS) is 12.2. The maximum Gasteiger partial charge on any atom is 0.238 e. The van der Waals surface area contributed by atoms with Gasteiger partial charge < -0.3 is 10.5 Å². The number of hydrogen-bond acceptors (Lipinski definition) is 4. The molecule has 6 heteroatoms. The van der Waals surface area contributed by atoms with E-state index in [1.807, 2.05) is 45.0 Å². The Morgan fingerprint density at radius 2 is 1.67 bits per heavy atom. The van der Waals surface area contributed by atoms with Crippen molar-refractivity contribution in [3.8, 4) is 16.9 Å². The van der Waals surface area contributed by atoms with Crippen LogP contribution in [0.5, 0.6) is 5.75 Å². The first-order valence-corrected chi connectivity index (χ1v) is 9.26. The number of methoxy groups -OCH3 is 1. The lowest BCUT2D eigenvalue weighted by atomic mass is 9.91. The standard InChI is InChI=1S/C18H24N2O3S/c1-5-14-15(23-4)10-11-16(24(20,21)22)17(14)12-6-8-13(9-7-12)18(2,3)19/h6-11H,5,19H2,1-4H3,(H2,20,21,22). The molecule has 0 spiro atoms. The van der Waals surface area contributed by atoms with Gasteiger partial charge in [0.15, 0.2) is 0 Å². The Hall–Kier alpha value is -1.89. The highest BCUT2D eigenvalue weighted by Crippen LogP contribution is 2.37. The highest BCUT2D eigenvalue weighted by molar-refractivity contribution is 7.89. The highest BCUT2D eigenvalue weighted by Gasteiger charge is 2.22. The second kappa shape index (κ2) is 6.55. The molecule has 4 N–H and O–H groups in total. The molecule has 5 nitrogen and oxygen atoms in total. The molecule has 2 rings (SSSR count). The van der Waals surface area contributed by atoms with Crippen molar-refractivity contribution in [2.45, 2.75) is 37.6 Å². The fourth-order valence-electron chi connectivity index (χ4n) is 2.77. The van der Waals surface area contributed by atoms with Gasteiger partial charge in [-0.2, -0.15) is 0 Å². The first-order chi connectivity index (χ1) is 11.1. The average Bonchev–Trinajstić information content (AvgIpc) is 2.51. The summed E-state index contributed by atoms with van der Waals surface area (Å²) in [5, 5.41) is 5.42. The Labute approximate surface area is 143 Å². The van der Waals surface area contributed by atoms with Gasteiger partial charge >= 0.3 is 0 Å². The van der Waals surface area contributed by atoms with E-state index >= 15 is 0 Å². The van der Waals surface area contributed by atoms with Gasteiger partial charge in [-0.1, -0.05) is 31.2 Å². The predicted octanol–water partition coefficient (Wildman–Crippen LogP) is 2.77. The second-order valence-electron chi connectivity index (χ2n) is 6.32. The molecule has 0 fully saturated rings. The van der Waals surface area contributed by atoms with Crippen LogP contribution in [0.4, 0.5) is 0 Å². The van der Waals surface area contributed by atoms with E-state index in [1.54, 1.807) is 13.2 Å². The van der Waals surface area contributed by atoms with E-state index in [-0.39, 0.29) is 4.90 Å². The highest BCUT2D eigenvalue weighted by atomic mass is 32.2. The minimum Gasteiger partial charge on any atom is -0.496 e. The summed E-state index contributed by atoms with van der Waals surface area (Å²) in [5.41, 5.74) is 8.76. The van der Waals surface area contributed by atoms with Crippen LogP contribution in [-0.4, -0.2) is 15.5 Å². The van der Waals surface area contributed by atoms with Crippen LogP contribution in [0.2, 0.25) is 0 Å². The topological polar surface area (TPSA) is 95.4 Å². The molecule has 0 unspecified atom stereocenters. The molecule has 0 aliphatic rings. The van der Waals surface area contributed by atoms with Crippen LogP contribution in [-0.2, 0) is 22.0 Å². The van der Waals surface area contributed by atoms with Gasteiger partial charge in [0.1, 0.15) is 5.75 Å². The third-order valence-electron chi connectivity index (χ3n) is 4.03. The van der Waals surface area contributed by atoms with Crippen molar-refractivity contribution in [3.63, 3.8) is 0 Å². The van der Waals surface area contributed by atoms with E-state index in [0.29, 0.717) is 17.7 Å². The lowest BCUT2D eigenvalue weighted by Crippen LogP contribution is -2.28. The summed E-state index contributed by atoms with van der Waals surface area (Å²) in [5.74, 6) is 0.642. The van der Waals surface area contributed by atoms with Crippen molar-refractivity contribution in [2.75, 3.05) is 7.11 Å². The second-order valence-corrected chi connectivity index (χ2v) is 7.85. The zero-order valence-corrected chi connectivity index (χ0v) is 15.3. The lowest BCUT2D eigenvalue weighted by Gasteiger charge is -2.21. The number of hydrogen-bond donors (Lipinski definition) is 2. The first kappa shape index (κ1) is 18.4.